The predicted molar refractivity (Wildman–Crippen MR) is 75.3 cm³/mol. The summed E-state index contributed by atoms with van der Waals surface area (Å²) in [6, 6.07) is 5.78. The Bertz CT molecular complexity index is 411. The van der Waals surface area contributed by atoms with E-state index >= 15 is 0 Å². The smallest absolute Gasteiger partial charge is 0.252 e. The molecular formula is C14H20BrNO. The molecule has 0 saturated heterocycles. The minimum absolute atomic E-state index is 0.0110. The molecule has 1 rings (SSSR count). The summed E-state index contributed by atoms with van der Waals surface area (Å²) in [6.07, 6.45) is 1.86. The average molecular weight is 298 g/mol. The minimum Gasteiger partial charge on any atom is -0.347 e. The van der Waals surface area contributed by atoms with Crippen LogP contribution in [0.25, 0.3) is 0 Å². The van der Waals surface area contributed by atoms with Crippen molar-refractivity contribution >= 4 is 21.8 Å². The van der Waals surface area contributed by atoms with Crippen LogP contribution in [-0.2, 0) is 0 Å². The summed E-state index contributed by atoms with van der Waals surface area (Å²) in [4.78, 5) is 12.2. The topological polar surface area (TPSA) is 29.1 Å². The SMILES string of the molecule is CCC(C)(CC)NC(=O)c1ccc(C)cc1Br. The summed E-state index contributed by atoms with van der Waals surface area (Å²) in [6.45, 7) is 8.27. The van der Waals surface area contributed by atoms with Crippen LogP contribution in [0.1, 0.15) is 49.5 Å². The Morgan fingerprint density at radius 2 is 1.94 bits per heavy atom. The molecule has 0 atom stereocenters. The Morgan fingerprint density at radius 3 is 2.41 bits per heavy atom. The molecule has 3 heteroatoms. The number of hydrogen-bond donors (Lipinski definition) is 1. The average Bonchev–Trinajstić information content (AvgIpc) is 2.28. The number of halogens is 1. The van der Waals surface area contributed by atoms with E-state index in [2.05, 4.69) is 42.0 Å². The molecule has 0 saturated carbocycles. The molecular weight excluding hydrogens is 278 g/mol. The molecule has 17 heavy (non-hydrogen) atoms. The molecule has 1 N–H and O–H groups in total. The van der Waals surface area contributed by atoms with Gasteiger partial charge in [0, 0.05) is 10.0 Å². The fourth-order valence-corrected chi connectivity index (χ4v) is 2.25. The highest BCUT2D eigenvalue weighted by Gasteiger charge is 2.23. The number of rotatable bonds is 4. The van der Waals surface area contributed by atoms with Crippen molar-refractivity contribution < 1.29 is 4.79 Å². The van der Waals surface area contributed by atoms with E-state index in [9.17, 15) is 4.79 Å². The quantitative estimate of drug-likeness (QED) is 0.892. The fraction of sp³-hybridized carbons (Fsp3) is 0.500. The lowest BCUT2D eigenvalue weighted by Gasteiger charge is -2.28. The normalized spacial score (nSPS) is 11.4. The molecule has 0 radical (unpaired) electrons. The lowest BCUT2D eigenvalue weighted by Crippen LogP contribution is -2.45. The minimum atomic E-state index is -0.124. The first-order chi connectivity index (χ1) is 7.91. The van der Waals surface area contributed by atoms with Gasteiger partial charge in [-0.15, -0.1) is 0 Å². The van der Waals surface area contributed by atoms with Gasteiger partial charge in [-0.05, 0) is 60.3 Å². The maximum absolute atomic E-state index is 12.2. The van der Waals surface area contributed by atoms with Crippen molar-refractivity contribution in [3.05, 3.63) is 33.8 Å². The van der Waals surface area contributed by atoms with Crippen LogP contribution in [0.2, 0.25) is 0 Å². The Hall–Kier alpha value is -0.830. The Morgan fingerprint density at radius 1 is 1.35 bits per heavy atom. The number of aryl methyl sites for hydroxylation is 1. The van der Waals surface area contributed by atoms with E-state index in [1.165, 1.54) is 0 Å². The van der Waals surface area contributed by atoms with Gasteiger partial charge in [0.25, 0.3) is 5.91 Å². The van der Waals surface area contributed by atoms with Gasteiger partial charge in [-0.25, -0.2) is 0 Å². The zero-order valence-corrected chi connectivity index (χ0v) is 12.5. The molecule has 0 heterocycles. The zero-order chi connectivity index (χ0) is 13.1. The Labute approximate surface area is 112 Å². The molecule has 0 aliphatic heterocycles. The first-order valence-corrected chi connectivity index (χ1v) is 6.80. The third kappa shape index (κ3) is 3.56. The third-order valence-electron chi connectivity index (χ3n) is 3.35. The van der Waals surface area contributed by atoms with Crippen molar-refractivity contribution in [1.29, 1.82) is 0 Å². The first kappa shape index (κ1) is 14.2. The fourth-order valence-electron chi connectivity index (χ4n) is 1.57. The van der Waals surface area contributed by atoms with Crippen molar-refractivity contribution in [3.8, 4) is 0 Å². The van der Waals surface area contributed by atoms with Gasteiger partial charge in [0.15, 0.2) is 0 Å². The van der Waals surface area contributed by atoms with E-state index in [1.54, 1.807) is 0 Å². The molecule has 0 aliphatic carbocycles. The summed E-state index contributed by atoms with van der Waals surface area (Å²) in [5.74, 6) is -0.0110. The van der Waals surface area contributed by atoms with Gasteiger partial charge < -0.3 is 5.32 Å². The van der Waals surface area contributed by atoms with E-state index in [-0.39, 0.29) is 11.4 Å². The second-order valence-corrected chi connectivity index (χ2v) is 5.56. The monoisotopic (exact) mass is 297 g/mol. The van der Waals surface area contributed by atoms with Crippen LogP contribution in [0.5, 0.6) is 0 Å². The standard InChI is InChI=1S/C14H20BrNO/c1-5-14(4,6-2)16-13(17)11-8-7-10(3)9-12(11)15/h7-9H,5-6H2,1-4H3,(H,16,17). The van der Waals surface area contributed by atoms with Crippen molar-refractivity contribution in [2.24, 2.45) is 0 Å². The van der Waals surface area contributed by atoms with E-state index in [0.717, 1.165) is 22.9 Å². The van der Waals surface area contributed by atoms with Crippen molar-refractivity contribution in [2.75, 3.05) is 0 Å². The Balaban J connectivity index is 2.90. The summed E-state index contributed by atoms with van der Waals surface area (Å²) < 4.78 is 0.851. The number of nitrogens with one attached hydrogen (secondary N) is 1. The molecule has 0 aliphatic rings. The first-order valence-electron chi connectivity index (χ1n) is 6.00. The largest absolute Gasteiger partial charge is 0.347 e. The number of carbonyl (C=O) groups excluding carboxylic acids is 1. The molecule has 0 aromatic heterocycles. The number of carbonyl (C=O) groups is 1. The molecule has 2 nitrogen and oxygen atoms in total. The van der Waals surface area contributed by atoms with Gasteiger partial charge in [0.05, 0.1) is 5.56 Å². The van der Waals surface area contributed by atoms with Gasteiger partial charge in [-0.2, -0.15) is 0 Å². The second-order valence-electron chi connectivity index (χ2n) is 4.71. The van der Waals surface area contributed by atoms with Crippen molar-refractivity contribution in [3.63, 3.8) is 0 Å². The van der Waals surface area contributed by atoms with Crippen LogP contribution in [0, 0.1) is 6.92 Å². The lowest BCUT2D eigenvalue weighted by atomic mass is 9.95. The highest BCUT2D eigenvalue weighted by molar-refractivity contribution is 9.10. The predicted octanol–water partition coefficient (Wildman–Crippen LogP) is 4.07. The number of amides is 1. The van der Waals surface area contributed by atoms with Gasteiger partial charge in [-0.3, -0.25) is 4.79 Å². The summed E-state index contributed by atoms with van der Waals surface area (Å²) >= 11 is 3.44. The lowest BCUT2D eigenvalue weighted by molar-refractivity contribution is 0.0900. The molecule has 0 unspecified atom stereocenters. The van der Waals surface area contributed by atoms with Crippen LogP contribution in [0.3, 0.4) is 0 Å². The molecule has 0 spiro atoms. The third-order valence-corrected chi connectivity index (χ3v) is 4.00. The van der Waals surface area contributed by atoms with Gasteiger partial charge in [0.1, 0.15) is 0 Å². The van der Waals surface area contributed by atoms with Gasteiger partial charge in [-0.1, -0.05) is 19.9 Å². The van der Waals surface area contributed by atoms with E-state index in [0.29, 0.717) is 5.56 Å². The van der Waals surface area contributed by atoms with Gasteiger partial charge in [0.2, 0.25) is 0 Å². The summed E-state index contributed by atoms with van der Waals surface area (Å²) in [5.41, 5.74) is 1.72. The molecule has 0 bridgehead atoms. The van der Waals surface area contributed by atoms with Crippen LogP contribution in [0.15, 0.2) is 22.7 Å². The van der Waals surface area contributed by atoms with E-state index in [1.807, 2.05) is 25.1 Å². The molecule has 94 valence electrons. The van der Waals surface area contributed by atoms with E-state index in [4.69, 9.17) is 0 Å². The molecule has 1 aromatic carbocycles. The van der Waals surface area contributed by atoms with Crippen LogP contribution >= 0.6 is 15.9 Å². The zero-order valence-electron chi connectivity index (χ0n) is 10.9. The number of benzene rings is 1. The molecule has 1 amide bonds. The molecule has 0 fully saturated rings. The van der Waals surface area contributed by atoms with Crippen LogP contribution in [-0.4, -0.2) is 11.4 Å². The summed E-state index contributed by atoms with van der Waals surface area (Å²) in [5, 5.41) is 3.10. The maximum Gasteiger partial charge on any atom is 0.252 e. The Kier molecular flexibility index (Phi) is 4.75. The van der Waals surface area contributed by atoms with Crippen LogP contribution < -0.4 is 5.32 Å². The highest BCUT2D eigenvalue weighted by Crippen LogP contribution is 2.20. The maximum atomic E-state index is 12.2. The molecule has 1 aromatic rings. The summed E-state index contributed by atoms with van der Waals surface area (Å²) in [7, 11) is 0. The van der Waals surface area contributed by atoms with Crippen molar-refractivity contribution in [1.82, 2.24) is 5.32 Å². The van der Waals surface area contributed by atoms with Crippen molar-refractivity contribution in [2.45, 2.75) is 46.1 Å². The van der Waals surface area contributed by atoms with Gasteiger partial charge >= 0.3 is 0 Å². The highest BCUT2D eigenvalue weighted by atomic mass is 79.9. The number of hydrogen-bond acceptors (Lipinski definition) is 1. The van der Waals surface area contributed by atoms with Crippen LogP contribution in [0.4, 0.5) is 0 Å². The van der Waals surface area contributed by atoms with E-state index < -0.39 is 0 Å². The second kappa shape index (κ2) is 5.67.